The number of hydrogen-bond acceptors (Lipinski definition) is 2. The van der Waals surface area contributed by atoms with E-state index in [4.69, 9.17) is 11.0 Å². The SMILES string of the molecule is N#Cc1cccc(/C=C\c2cccc(N)c2)c1. The molecule has 17 heavy (non-hydrogen) atoms. The van der Waals surface area contributed by atoms with E-state index in [1.807, 2.05) is 54.6 Å². The summed E-state index contributed by atoms with van der Waals surface area (Å²) in [5, 5.41) is 8.79. The average molecular weight is 220 g/mol. The van der Waals surface area contributed by atoms with Crippen LogP contribution in [0.15, 0.2) is 48.5 Å². The fourth-order valence-corrected chi connectivity index (χ4v) is 1.57. The lowest BCUT2D eigenvalue weighted by Gasteiger charge is -1.96. The van der Waals surface area contributed by atoms with Crippen LogP contribution in [0.4, 0.5) is 5.69 Å². The van der Waals surface area contributed by atoms with Crippen LogP contribution in [0.5, 0.6) is 0 Å². The van der Waals surface area contributed by atoms with Crippen molar-refractivity contribution in [2.24, 2.45) is 0 Å². The molecule has 0 radical (unpaired) electrons. The zero-order chi connectivity index (χ0) is 12.1. The van der Waals surface area contributed by atoms with Crippen molar-refractivity contribution in [2.45, 2.75) is 0 Å². The van der Waals surface area contributed by atoms with Gasteiger partial charge in [0.2, 0.25) is 0 Å². The molecule has 0 spiro atoms. The first-order valence-corrected chi connectivity index (χ1v) is 5.32. The van der Waals surface area contributed by atoms with Crippen molar-refractivity contribution >= 4 is 17.8 Å². The minimum atomic E-state index is 0.666. The van der Waals surface area contributed by atoms with E-state index < -0.39 is 0 Å². The van der Waals surface area contributed by atoms with Crippen LogP contribution in [0, 0.1) is 11.3 Å². The van der Waals surface area contributed by atoms with Crippen molar-refractivity contribution in [1.29, 1.82) is 5.26 Å². The van der Waals surface area contributed by atoms with Crippen LogP contribution in [0.1, 0.15) is 16.7 Å². The Morgan fingerprint density at radius 1 is 0.941 bits per heavy atom. The van der Waals surface area contributed by atoms with E-state index in [0.29, 0.717) is 5.56 Å². The molecule has 2 aromatic rings. The highest BCUT2D eigenvalue weighted by molar-refractivity contribution is 5.71. The first-order chi connectivity index (χ1) is 8.28. The molecule has 2 nitrogen and oxygen atoms in total. The highest BCUT2D eigenvalue weighted by Crippen LogP contribution is 2.12. The Labute approximate surface area is 101 Å². The minimum absolute atomic E-state index is 0.666. The van der Waals surface area contributed by atoms with Crippen molar-refractivity contribution in [3.8, 4) is 6.07 Å². The van der Waals surface area contributed by atoms with Gasteiger partial charge in [-0.15, -0.1) is 0 Å². The summed E-state index contributed by atoms with van der Waals surface area (Å²) in [6.07, 6.45) is 3.95. The van der Waals surface area contributed by atoms with E-state index in [2.05, 4.69) is 6.07 Å². The van der Waals surface area contributed by atoms with Crippen LogP contribution in [0.2, 0.25) is 0 Å². The number of rotatable bonds is 2. The van der Waals surface area contributed by atoms with Crippen LogP contribution in [-0.2, 0) is 0 Å². The van der Waals surface area contributed by atoms with Gasteiger partial charge in [-0.05, 0) is 35.4 Å². The van der Waals surface area contributed by atoms with Crippen molar-refractivity contribution in [1.82, 2.24) is 0 Å². The van der Waals surface area contributed by atoms with E-state index >= 15 is 0 Å². The summed E-state index contributed by atoms with van der Waals surface area (Å²) in [7, 11) is 0. The van der Waals surface area contributed by atoms with Crippen molar-refractivity contribution in [3.05, 3.63) is 65.2 Å². The zero-order valence-electron chi connectivity index (χ0n) is 9.30. The van der Waals surface area contributed by atoms with Crippen LogP contribution >= 0.6 is 0 Å². The van der Waals surface area contributed by atoms with Gasteiger partial charge in [-0.25, -0.2) is 0 Å². The molecule has 2 aromatic carbocycles. The summed E-state index contributed by atoms with van der Waals surface area (Å²) in [6, 6.07) is 17.3. The Morgan fingerprint density at radius 3 is 2.24 bits per heavy atom. The Bertz CT molecular complexity index is 592. The number of nitrogen functional groups attached to an aromatic ring is 1. The molecular formula is C15H12N2. The van der Waals surface area contributed by atoms with Crippen molar-refractivity contribution in [2.75, 3.05) is 5.73 Å². The highest BCUT2D eigenvalue weighted by Gasteiger charge is 1.92. The molecule has 0 amide bonds. The number of nitriles is 1. The molecular weight excluding hydrogens is 208 g/mol. The summed E-state index contributed by atoms with van der Waals surface area (Å²) < 4.78 is 0. The van der Waals surface area contributed by atoms with Gasteiger partial charge in [-0.1, -0.05) is 36.4 Å². The third-order valence-corrected chi connectivity index (χ3v) is 2.39. The third kappa shape index (κ3) is 2.96. The molecule has 0 saturated carbocycles. The molecule has 0 atom stereocenters. The van der Waals surface area contributed by atoms with Gasteiger partial charge in [-0.3, -0.25) is 0 Å². The number of anilines is 1. The lowest BCUT2D eigenvalue weighted by molar-refractivity contribution is 1.48. The summed E-state index contributed by atoms with van der Waals surface area (Å²) in [5.41, 5.74) is 9.17. The second-order valence-electron chi connectivity index (χ2n) is 3.74. The van der Waals surface area contributed by atoms with Crippen LogP contribution in [0.25, 0.3) is 12.2 Å². The van der Waals surface area contributed by atoms with Crippen molar-refractivity contribution < 1.29 is 0 Å². The van der Waals surface area contributed by atoms with Gasteiger partial charge in [0.1, 0.15) is 0 Å². The number of hydrogen-bond donors (Lipinski definition) is 1. The minimum Gasteiger partial charge on any atom is -0.399 e. The maximum atomic E-state index is 8.79. The Balaban J connectivity index is 2.23. The van der Waals surface area contributed by atoms with Crippen molar-refractivity contribution in [3.63, 3.8) is 0 Å². The average Bonchev–Trinajstić information content (AvgIpc) is 2.37. The van der Waals surface area contributed by atoms with Gasteiger partial charge >= 0.3 is 0 Å². The molecule has 2 N–H and O–H groups in total. The molecule has 0 aliphatic heterocycles. The van der Waals surface area contributed by atoms with Crippen LogP contribution in [0.3, 0.4) is 0 Å². The van der Waals surface area contributed by atoms with Gasteiger partial charge < -0.3 is 5.73 Å². The monoisotopic (exact) mass is 220 g/mol. The van der Waals surface area contributed by atoms with E-state index in [-0.39, 0.29) is 0 Å². The van der Waals surface area contributed by atoms with E-state index in [1.54, 1.807) is 6.07 Å². The summed E-state index contributed by atoms with van der Waals surface area (Å²) >= 11 is 0. The molecule has 0 unspecified atom stereocenters. The molecule has 0 heterocycles. The van der Waals surface area contributed by atoms with Gasteiger partial charge in [0.25, 0.3) is 0 Å². The summed E-state index contributed by atoms with van der Waals surface area (Å²) in [4.78, 5) is 0. The molecule has 82 valence electrons. The fraction of sp³-hybridized carbons (Fsp3) is 0. The molecule has 0 aromatic heterocycles. The highest BCUT2D eigenvalue weighted by atomic mass is 14.5. The predicted octanol–water partition coefficient (Wildman–Crippen LogP) is 3.31. The zero-order valence-corrected chi connectivity index (χ0v) is 9.30. The first kappa shape index (κ1) is 11.0. The second-order valence-corrected chi connectivity index (χ2v) is 3.74. The number of benzene rings is 2. The van der Waals surface area contributed by atoms with E-state index in [0.717, 1.165) is 16.8 Å². The summed E-state index contributed by atoms with van der Waals surface area (Å²) in [6.45, 7) is 0. The molecule has 0 aliphatic rings. The standard InChI is InChI=1S/C15H12N2/c16-11-14-5-1-3-12(9-14)7-8-13-4-2-6-15(17)10-13/h1-10H,17H2/b8-7-. The normalized spacial score (nSPS) is 10.3. The Kier molecular flexibility index (Phi) is 3.23. The fourth-order valence-electron chi connectivity index (χ4n) is 1.57. The number of nitrogens with two attached hydrogens (primary N) is 1. The van der Waals surface area contributed by atoms with Crippen LogP contribution < -0.4 is 5.73 Å². The molecule has 2 rings (SSSR count). The van der Waals surface area contributed by atoms with Gasteiger partial charge in [-0.2, -0.15) is 5.26 Å². The smallest absolute Gasteiger partial charge is 0.0991 e. The predicted molar refractivity (Wildman–Crippen MR) is 70.9 cm³/mol. The molecule has 0 saturated heterocycles. The molecule has 2 heteroatoms. The first-order valence-electron chi connectivity index (χ1n) is 5.32. The quantitative estimate of drug-likeness (QED) is 0.623. The Hall–Kier alpha value is -2.53. The second kappa shape index (κ2) is 5.00. The topological polar surface area (TPSA) is 49.8 Å². The van der Waals surface area contributed by atoms with E-state index in [1.165, 1.54) is 0 Å². The largest absolute Gasteiger partial charge is 0.399 e. The molecule has 0 fully saturated rings. The third-order valence-electron chi connectivity index (χ3n) is 2.39. The number of nitrogens with zero attached hydrogens (tertiary/aromatic N) is 1. The Morgan fingerprint density at radius 2 is 1.59 bits per heavy atom. The van der Waals surface area contributed by atoms with Gasteiger partial charge in [0.15, 0.2) is 0 Å². The van der Waals surface area contributed by atoms with Gasteiger partial charge in [0.05, 0.1) is 11.6 Å². The lowest BCUT2D eigenvalue weighted by Crippen LogP contribution is -1.83. The molecule has 0 aliphatic carbocycles. The maximum Gasteiger partial charge on any atom is 0.0991 e. The maximum absolute atomic E-state index is 8.79. The molecule has 0 bridgehead atoms. The summed E-state index contributed by atoms with van der Waals surface area (Å²) in [5.74, 6) is 0. The van der Waals surface area contributed by atoms with E-state index in [9.17, 15) is 0 Å². The lowest BCUT2D eigenvalue weighted by atomic mass is 10.1. The van der Waals surface area contributed by atoms with Crippen LogP contribution in [-0.4, -0.2) is 0 Å². The van der Waals surface area contributed by atoms with Gasteiger partial charge in [0, 0.05) is 5.69 Å².